The molecule has 3 aromatic rings. The van der Waals surface area contributed by atoms with Gasteiger partial charge in [0, 0.05) is 32.2 Å². The number of ether oxygens (including phenoxy) is 1. The van der Waals surface area contributed by atoms with Crippen LogP contribution >= 0.6 is 0 Å². The number of rotatable bonds is 7. The molecule has 0 unspecified atom stereocenters. The second-order valence-electron chi connectivity index (χ2n) is 9.03. The van der Waals surface area contributed by atoms with Crippen molar-refractivity contribution < 1.29 is 30.7 Å². The normalized spacial score (nSPS) is 15.6. The molecule has 0 atom stereocenters. The van der Waals surface area contributed by atoms with Crippen LogP contribution in [0.1, 0.15) is 28.0 Å². The van der Waals surface area contributed by atoms with Crippen LogP contribution in [-0.4, -0.2) is 43.8 Å². The minimum Gasteiger partial charge on any atom is -0.482 e. The van der Waals surface area contributed by atoms with Gasteiger partial charge in [0.1, 0.15) is 18.6 Å². The maximum atomic E-state index is 13.3. The lowest BCUT2D eigenvalue weighted by atomic mass is 10.1. The molecule has 198 valence electrons. The Morgan fingerprint density at radius 1 is 0.973 bits per heavy atom. The summed E-state index contributed by atoms with van der Waals surface area (Å²) in [6.07, 6.45) is -3.52. The summed E-state index contributed by atoms with van der Waals surface area (Å²) in [5.74, 6) is 0.463. The fourth-order valence-corrected chi connectivity index (χ4v) is 5.99. The lowest BCUT2D eigenvalue weighted by Crippen LogP contribution is -2.48. The van der Waals surface area contributed by atoms with Gasteiger partial charge in [-0.15, -0.1) is 0 Å². The maximum absolute atomic E-state index is 13.3. The Hall–Kier alpha value is -3.15. The molecule has 1 aromatic heterocycles. The fraction of sp³-hybridized carbons (Fsp3) is 0.346. The molecule has 2 heterocycles. The van der Waals surface area contributed by atoms with Crippen LogP contribution in [0.5, 0.6) is 5.75 Å². The summed E-state index contributed by atoms with van der Waals surface area (Å²) in [7, 11) is -4.32. The van der Waals surface area contributed by atoms with Crippen molar-refractivity contribution >= 4 is 10.0 Å². The quantitative estimate of drug-likeness (QED) is 0.447. The summed E-state index contributed by atoms with van der Waals surface area (Å²) in [5.41, 5.74) is 1.61. The van der Waals surface area contributed by atoms with Crippen LogP contribution in [0.3, 0.4) is 0 Å². The molecule has 0 radical (unpaired) electrons. The van der Waals surface area contributed by atoms with E-state index >= 15 is 0 Å². The smallest absolute Gasteiger partial charge is 0.417 e. The predicted molar refractivity (Wildman–Crippen MR) is 131 cm³/mol. The van der Waals surface area contributed by atoms with E-state index in [2.05, 4.69) is 0 Å². The van der Waals surface area contributed by atoms with E-state index in [4.69, 9.17) is 9.15 Å². The third-order valence-electron chi connectivity index (χ3n) is 6.05. The molecule has 0 saturated carbocycles. The first-order chi connectivity index (χ1) is 17.4. The number of hydrogen-bond acceptors (Lipinski definition) is 6. The van der Waals surface area contributed by atoms with Crippen LogP contribution in [0, 0.1) is 13.8 Å². The molecule has 1 fully saturated rings. The van der Waals surface area contributed by atoms with Crippen molar-refractivity contribution in [3.63, 3.8) is 0 Å². The second-order valence-corrected chi connectivity index (χ2v) is 10.9. The Kier molecular flexibility index (Phi) is 7.77. The Bertz CT molecular complexity index is 1410. The van der Waals surface area contributed by atoms with Crippen LogP contribution in [-0.2, 0) is 29.4 Å². The van der Waals surface area contributed by atoms with Gasteiger partial charge in [0.25, 0.3) is 0 Å². The Morgan fingerprint density at radius 3 is 2.24 bits per heavy atom. The first-order valence-electron chi connectivity index (χ1n) is 11.6. The molecule has 0 N–H and O–H groups in total. The van der Waals surface area contributed by atoms with E-state index in [9.17, 15) is 26.4 Å². The van der Waals surface area contributed by atoms with E-state index in [1.807, 2.05) is 36.9 Å². The van der Waals surface area contributed by atoms with Gasteiger partial charge >= 0.3 is 6.18 Å². The standard InChI is InChI=1S/C26H27F3N2O5S/c1-18-11-19(2)13-20(12-18)16-36-24-17-35-21(14-23(24)32)15-30-7-9-31(10-8-30)37(33,34)25-6-4-3-5-22(25)26(27,28)29/h3-6,11-14,17H,7-10,15-16H2,1-2H3. The van der Waals surface area contributed by atoms with Gasteiger partial charge in [0.05, 0.1) is 17.0 Å². The van der Waals surface area contributed by atoms with Gasteiger partial charge in [-0.3, -0.25) is 9.69 Å². The first-order valence-corrected chi connectivity index (χ1v) is 13.1. The molecule has 1 aliphatic rings. The van der Waals surface area contributed by atoms with Gasteiger partial charge in [0.2, 0.25) is 21.2 Å². The lowest BCUT2D eigenvalue weighted by Gasteiger charge is -2.34. The Balaban J connectivity index is 1.36. The molecule has 37 heavy (non-hydrogen) atoms. The van der Waals surface area contributed by atoms with Crippen LogP contribution < -0.4 is 10.2 Å². The summed E-state index contributed by atoms with van der Waals surface area (Å²) in [6.45, 7) is 4.99. The number of alkyl halides is 3. The lowest BCUT2D eigenvalue weighted by molar-refractivity contribution is -0.139. The minimum atomic E-state index is -4.78. The van der Waals surface area contributed by atoms with Crippen LogP contribution in [0.15, 0.2) is 68.9 Å². The third kappa shape index (κ3) is 6.41. The van der Waals surface area contributed by atoms with E-state index < -0.39 is 26.7 Å². The fourth-order valence-electron chi connectivity index (χ4n) is 4.35. The third-order valence-corrected chi connectivity index (χ3v) is 8.01. The van der Waals surface area contributed by atoms with Crippen molar-refractivity contribution in [1.29, 1.82) is 0 Å². The summed E-state index contributed by atoms with van der Waals surface area (Å²) in [5, 5.41) is 0. The number of halogens is 3. The Labute approximate surface area is 213 Å². The van der Waals surface area contributed by atoms with Crippen LogP contribution in [0.4, 0.5) is 13.2 Å². The average molecular weight is 537 g/mol. The summed E-state index contributed by atoms with van der Waals surface area (Å²) < 4.78 is 78.2. The molecular formula is C26H27F3N2O5S. The number of hydrogen-bond donors (Lipinski definition) is 0. The molecule has 4 rings (SSSR count). The number of benzene rings is 2. The molecule has 1 saturated heterocycles. The highest BCUT2D eigenvalue weighted by molar-refractivity contribution is 7.89. The number of nitrogens with zero attached hydrogens (tertiary/aromatic N) is 2. The molecule has 2 aromatic carbocycles. The van der Waals surface area contributed by atoms with Gasteiger partial charge in [0.15, 0.2) is 0 Å². The zero-order chi connectivity index (χ0) is 26.8. The van der Waals surface area contributed by atoms with Crippen molar-refractivity contribution in [3.05, 3.63) is 93.0 Å². The van der Waals surface area contributed by atoms with E-state index in [-0.39, 0.29) is 50.5 Å². The van der Waals surface area contributed by atoms with Gasteiger partial charge in [-0.1, -0.05) is 41.5 Å². The molecule has 0 amide bonds. The zero-order valence-corrected chi connectivity index (χ0v) is 21.2. The highest BCUT2D eigenvalue weighted by Crippen LogP contribution is 2.35. The van der Waals surface area contributed by atoms with Gasteiger partial charge in [-0.05, 0) is 31.5 Å². The van der Waals surface area contributed by atoms with E-state index in [0.717, 1.165) is 39.2 Å². The highest BCUT2D eigenvalue weighted by atomic mass is 32.2. The monoisotopic (exact) mass is 536 g/mol. The van der Waals surface area contributed by atoms with Crippen LogP contribution in [0.2, 0.25) is 0 Å². The van der Waals surface area contributed by atoms with E-state index in [1.54, 1.807) is 0 Å². The SMILES string of the molecule is Cc1cc(C)cc(COc2coc(CN3CCN(S(=O)(=O)c4ccccc4C(F)(F)F)CC3)cc2=O)c1. The topological polar surface area (TPSA) is 80.1 Å². The largest absolute Gasteiger partial charge is 0.482 e. The molecule has 7 nitrogen and oxygen atoms in total. The minimum absolute atomic E-state index is 0.00978. The van der Waals surface area contributed by atoms with Crippen LogP contribution in [0.25, 0.3) is 0 Å². The maximum Gasteiger partial charge on any atom is 0.417 e. The summed E-state index contributed by atoms with van der Waals surface area (Å²) in [6, 6.07) is 11.5. The second kappa shape index (κ2) is 10.7. The van der Waals surface area contributed by atoms with Gasteiger partial charge < -0.3 is 9.15 Å². The molecule has 0 aliphatic carbocycles. The van der Waals surface area contributed by atoms with Crippen molar-refractivity contribution in [2.24, 2.45) is 0 Å². The van der Waals surface area contributed by atoms with E-state index in [0.29, 0.717) is 5.76 Å². The first kappa shape index (κ1) is 26.9. The van der Waals surface area contributed by atoms with Gasteiger partial charge in [-0.25, -0.2) is 8.42 Å². The van der Waals surface area contributed by atoms with Crippen molar-refractivity contribution in [3.8, 4) is 5.75 Å². The number of piperazine rings is 1. The number of sulfonamides is 1. The predicted octanol–water partition coefficient (Wildman–Crippen LogP) is 4.36. The summed E-state index contributed by atoms with van der Waals surface area (Å²) in [4.78, 5) is 13.6. The molecule has 11 heteroatoms. The average Bonchev–Trinajstić information content (AvgIpc) is 2.83. The van der Waals surface area contributed by atoms with Crippen molar-refractivity contribution in [2.45, 2.75) is 38.1 Å². The Morgan fingerprint density at radius 2 is 1.62 bits per heavy atom. The van der Waals surface area contributed by atoms with Gasteiger partial charge in [-0.2, -0.15) is 17.5 Å². The highest BCUT2D eigenvalue weighted by Gasteiger charge is 2.39. The molecule has 0 bridgehead atoms. The summed E-state index contributed by atoms with van der Waals surface area (Å²) >= 11 is 0. The zero-order valence-electron chi connectivity index (χ0n) is 20.4. The van der Waals surface area contributed by atoms with Crippen molar-refractivity contribution in [2.75, 3.05) is 26.2 Å². The van der Waals surface area contributed by atoms with Crippen molar-refractivity contribution in [1.82, 2.24) is 9.21 Å². The molecule has 0 spiro atoms. The molecule has 1 aliphatic heterocycles. The number of aryl methyl sites for hydroxylation is 2. The van der Waals surface area contributed by atoms with E-state index in [1.165, 1.54) is 18.4 Å². The molecular weight excluding hydrogens is 509 g/mol.